The van der Waals surface area contributed by atoms with Crippen LogP contribution in [0.5, 0.6) is 0 Å². The molecule has 3 aromatic carbocycles. The van der Waals surface area contributed by atoms with Gasteiger partial charge in [0, 0.05) is 5.02 Å². The number of hydrazine groups is 1. The van der Waals surface area contributed by atoms with E-state index in [2.05, 4.69) is 16.2 Å². The molecule has 0 heterocycles. The summed E-state index contributed by atoms with van der Waals surface area (Å²) >= 11 is 17.0. The standard InChI is InChI=1S/C22H17Cl2N3O2S/c23-16-11-12-17(18(24)13-16)20(28)25-22(30)27-26-21(29)19(14-7-3-1-4-8-14)15-9-5-2-6-10-15/h1-13,19H,(H,26,29)(H2,25,27,28,30). The Hall–Kier alpha value is -2.93. The summed E-state index contributed by atoms with van der Waals surface area (Å²) in [5.41, 5.74) is 6.99. The van der Waals surface area contributed by atoms with E-state index in [4.69, 9.17) is 35.4 Å². The van der Waals surface area contributed by atoms with Crippen LogP contribution in [0.25, 0.3) is 0 Å². The SMILES string of the molecule is O=C(NC(=S)NNC(=O)C(c1ccccc1)c1ccccc1)c1ccc(Cl)cc1Cl. The number of hydrogen-bond donors (Lipinski definition) is 3. The third-order valence-electron chi connectivity index (χ3n) is 4.23. The number of benzene rings is 3. The lowest BCUT2D eigenvalue weighted by molar-refractivity contribution is -0.122. The van der Waals surface area contributed by atoms with E-state index in [1.165, 1.54) is 12.1 Å². The van der Waals surface area contributed by atoms with Crippen LogP contribution in [0.2, 0.25) is 10.0 Å². The number of carbonyl (C=O) groups excluding carboxylic acids is 2. The van der Waals surface area contributed by atoms with Crippen LogP contribution < -0.4 is 16.2 Å². The molecule has 3 aromatic rings. The fourth-order valence-electron chi connectivity index (χ4n) is 2.85. The zero-order valence-electron chi connectivity index (χ0n) is 15.6. The molecule has 152 valence electrons. The molecule has 0 saturated carbocycles. The first-order chi connectivity index (χ1) is 14.5. The Morgan fingerprint density at radius 3 is 1.90 bits per heavy atom. The number of thiocarbonyl (C=S) groups is 1. The van der Waals surface area contributed by atoms with E-state index < -0.39 is 11.8 Å². The maximum atomic E-state index is 12.9. The zero-order valence-corrected chi connectivity index (χ0v) is 17.9. The van der Waals surface area contributed by atoms with Gasteiger partial charge in [-0.1, -0.05) is 83.9 Å². The zero-order chi connectivity index (χ0) is 21.5. The predicted molar refractivity (Wildman–Crippen MR) is 123 cm³/mol. The van der Waals surface area contributed by atoms with Crippen molar-refractivity contribution >= 4 is 52.3 Å². The largest absolute Gasteiger partial charge is 0.298 e. The number of rotatable bonds is 4. The summed E-state index contributed by atoms with van der Waals surface area (Å²) in [6.07, 6.45) is 0. The molecule has 0 saturated heterocycles. The molecule has 3 N–H and O–H groups in total. The second kappa shape index (κ2) is 10.2. The van der Waals surface area contributed by atoms with Gasteiger partial charge in [-0.05, 0) is 41.5 Å². The van der Waals surface area contributed by atoms with Crippen molar-refractivity contribution in [1.29, 1.82) is 0 Å². The number of nitrogens with one attached hydrogen (secondary N) is 3. The monoisotopic (exact) mass is 457 g/mol. The van der Waals surface area contributed by atoms with Gasteiger partial charge in [0.05, 0.1) is 16.5 Å². The Balaban J connectivity index is 1.66. The molecule has 0 fully saturated rings. The Morgan fingerprint density at radius 1 is 0.800 bits per heavy atom. The predicted octanol–water partition coefficient (Wildman–Crippen LogP) is 4.46. The topological polar surface area (TPSA) is 70.2 Å². The first kappa shape index (κ1) is 21.8. The van der Waals surface area contributed by atoms with Crippen molar-refractivity contribution in [2.24, 2.45) is 0 Å². The fourth-order valence-corrected chi connectivity index (χ4v) is 3.49. The minimum Gasteiger partial charge on any atom is -0.298 e. The van der Waals surface area contributed by atoms with Gasteiger partial charge in [0.2, 0.25) is 5.91 Å². The average Bonchev–Trinajstić information content (AvgIpc) is 2.74. The van der Waals surface area contributed by atoms with Gasteiger partial charge < -0.3 is 0 Å². The van der Waals surface area contributed by atoms with Gasteiger partial charge in [-0.25, -0.2) is 0 Å². The van der Waals surface area contributed by atoms with Crippen molar-refractivity contribution in [3.8, 4) is 0 Å². The fraction of sp³-hybridized carbons (Fsp3) is 0.0455. The number of hydrogen-bond acceptors (Lipinski definition) is 3. The highest BCUT2D eigenvalue weighted by molar-refractivity contribution is 7.80. The van der Waals surface area contributed by atoms with Gasteiger partial charge in [-0.3, -0.25) is 25.8 Å². The second-order valence-electron chi connectivity index (χ2n) is 6.28. The van der Waals surface area contributed by atoms with Crippen LogP contribution >= 0.6 is 35.4 Å². The molecule has 0 aliphatic heterocycles. The lowest BCUT2D eigenvalue weighted by Gasteiger charge is -2.19. The van der Waals surface area contributed by atoms with Gasteiger partial charge in [0.1, 0.15) is 0 Å². The summed E-state index contributed by atoms with van der Waals surface area (Å²) in [7, 11) is 0. The van der Waals surface area contributed by atoms with Crippen molar-refractivity contribution in [3.63, 3.8) is 0 Å². The van der Waals surface area contributed by atoms with Crippen molar-refractivity contribution in [3.05, 3.63) is 106 Å². The highest BCUT2D eigenvalue weighted by Gasteiger charge is 2.23. The number of halogens is 2. The molecule has 8 heteroatoms. The summed E-state index contributed by atoms with van der Waals surface area (Å²) in [4.78, 5) is 25.2. The van der Waals surface area contributed by atoms with Crippen LogP contribution in [0.1, 0.15) is 27.4 Å². The molecule has 0 aromatic heterocycles. The summed E-state index contributed by atoms with van der Waals surface area (Å²) in [5, 5.41) is 3.01. The van der Waals surface area contributed by atoms with E-state index >= 15 is 0 Å². The normalized spacial score (nSPS) is 10.4. The van der Waals surface area contributed by atoms with E-state index in [9.17, 15) is 9.59 Å². The molecule has 30 heavy (non-hydrogen) atoms. The van der Waals surface area contributed by atoms with Crippen molar-refractivity contribution in [1.82, 2.24) is 16.2 Å². The van der Waals surface area contributed by atoms with Crippen LogP contribution in [-0.4, -0.2) is 16.9 Å². The minimum atomic E-state index is -0.552. The van der Waals surface area contributed by atoms with Crippen LogP contribution in [-0.2, 0) is 4.79 Å². The Kier molecular flexibility index (Phi) is 7.41. The van der Waals surface area contributed by atoms with Gasteiger partial charge in [0.25, 0.3) is 5.91 Å². The molecule has 0 unspecified atom stereocenters. The summed E-state index contributed by atoms with van der Waals surface area (Å²) in [6.45, 7) is 0. The molecule has 3 rings (SSSR count). The van der Waals surface area contributed by atoms with Crippen LogP contribution in [0.15, 0.2) is 78.9 Å². The molecule has 0 bridgehead atoms. The summed E-state index contributed by atoms with van der Waals surface area (Å²) < 4.78 is 0. The van der Waals surface area contributed by atoms with Crippen molar-refractivity contribution in [2.75, 3.05) is 0 Å². The first-order valence-electron chi connectivity index (χ1n) is 8.92. The number of amides is 2. The van der Waals surface area contributed by atoms with Gasteiger partial charge >= 0.3 is 0 Å². The molecule has 0 aliphatic rings. The van der Waals surface area contributed by atoms with Crippen LogP contribution in [0.4, 0.5) is 0 Å². The van der Waals surface area contributed by atoms with E-state index in [0.717, 1.165) is 11.1 Å². The van der Waals surface area contributed by atoms with Crippen molar-refractivity contribution < 1.29 is 9.59 Å². The third-order valence-corrected chi connectivity index (χ3v) is 4.98. The van der Waals surface area contributed by atoms with Gasteiger partial charge in [-0.2, -0.15) is 0 Å². The quantitative estimate of drug-likeness (QED) is 0.399. The minimum absolute atomic E-state index is 0.0701. The molecule has 0 radical (unpaired) electrons. The molecular formula is C22H17Cl2N3O2S. The third kappa shape index (κ3) is 5.57. The van der Waals surface area contributed by atoms with E-state index in [1.807, 2.05) is 60.7 Å². The summed E-state index contributed by atoms with van der Waals surface area (Å²) in [5.74, 6) is -1.40. The molecule has 0 aliphatic carbocycles. The van der Waals surface area contributed by atoms with E-state index in [0.29, 0.717) is 5.02 Å². The highest BCUT2D eigenvalue weighted by Crippen LogP contribution is 2.24. The highest BCUT2D eigenvalue weighted by atomic mass is 35.5. The van der Waals surface area contributed by atoms with E-state index in [-0.39, 0.29) is 21.6 Å². The van der Waals surface area contributed by atoms with Crippen LogP contribution in [0.3, 0.4) is 0 Å². The van der Waals surface area contributed by atoms with Crippen LogP contribution in [0, 0.1) is 0 Å². The van der Waals surface area contributed by atoms with Crippen molar-refractivity contribution in [2.45, 2.75) is 5.92 Å². The summed E-state index contributed by atoms with van der Waals surface area (Å²) in [6, 6.07) is 23.2. The lowest BCUT2D eigenvalue weighted by Crippen LogP contribution is -2.49. The van der Waals surface area contributed by atoms with E-state index in [1.54, 1.807) is 6.07 Å². The first-order valence-corrected chi connectivity index (χ1v) is 10.1. The Bertz CT molecular complexity index is 1020. The second-order valence-corrected chi connectivity index (χ2v) is 7.53. The maximum absolute atomic E-state index is 12.9. The lowest BCUT2D eigenvalue weighted by atomic mass is 9.91. The van der Waals surface area contributed by atoms with Gasteiger partial charge in [0.15, 0.2) is 5.11 Å². The van der Waals surface area contributed by atoms with Gasteiger partial charge in [-0.15, -0.1) is 0 Å². The molecule has 0 atom stereocenters. The molecule has 2 amide bonds. The Morgan fingerprint density at radius 2 is 1.37 bits per heavy atom. The Labute approximate surface area is 189 Å². The molecule has 5 nitrogen and oxygen atoms in total. The smallest absolute Gasteiger partial charge is 0.258 e. The molecule has 0 spiro atoms. The molecular weight excluding hydrogens is 441 g/mol. The number of carbonyl (C=O) groups is 2. The average molecular weight is 458 g/mol. The maximum Gasteiger partial charge on any atom is 0.258 e.